The van der Waals surface area contributed by atoms with Gasteiger partial charge in [0.05, 0.1) is 6.61 Å². The standard InChI is InChI=1S/C7H16N2O/c8-6-2-1-3-7(6)9-4-5-10/h6-7,9-10H,1-5,8H2. The van der Waals surface area contributed by atoms with Crippen molar-refractivity contribution in [3.05, 3.63) is 0 Å². The Kier molecular flexibility index (Phi) is 3.12. The van der Waals surface area contributed by atoms with E-state index in [1.54, 1.807) is 0 Å². The summed E-state index contributed by atoms with van der Waals surface area (Å²) in [4.78, 5) is 0. The molecule has 1 fully saturated rings. The summed E-state index contributed by atoms with van der Waals surface area (Å²) in [5, 5.41) is 11.7. The van der Waals surface area contributed by atoms with E-state index >= 15 is 0 Å². The molecule has 4 N–H and O–H groups in total. The number of aliphatic hydroxyl groups is 1. The Morgan fingerprint density at radius 1 is 1.50 bits per heavy atom. The van der Waals surface area contributed by atoms with Crippen molar-refractivity contribution in [3.8, 4) is 0 Å². The predicted molar refractivity (Wildman–Crippen MR) is 40.7 cm³/mol. The van der Waals surface area contributed by atoms with Gasteiger partial charge in [0, 0.05) is 18.6 Å². The molecule has 1 saturated carbocycles. The van der Waals surface area contributed by atoms with Crippen molar-refractivity contribution in [1.29, 1.82) is 0 Å². The van der Waals surface area contributed by atoms with Crippen LogP contribution in [0.4, 0.5) is 0 Å². The van der Waals surface area contributed by atoms with E-state index in [1.807, 2.05) is 0 Å². The van der Waals surface area contributed by atoms with E-state index in [1.165, 1.54) is 12.8 Å². The highest BCUT2D eigenvalue weighted by Crippen LogP contribution is 2.16. The lowest BCUT2D eigenvalue weighted by Gasteiger charge is -2.15. The molecule has 1 rings (SSSR count). The van der Waals surface area contributed by atoms with E-state index in [0.717, 1.165) is 6.42 Å². The second kappa shape index (κ2) is 3.91. The monoisotopic (exact) mass is 144 g/mol. The first-order chi connectivity index (χ1) is 4.84. The molecule has 2 unspecified atom stereocenters. The molecule has 60 valence electrons. The molecule has 3 heteroatoms. The Morgan fingerprint density at radius 2 is 2.30 bits per heavy atom. The first kappa shape index (κ1) is 7.98. The molecule has 0 heterocycles. The molecule has 0 aliphatic heterocycles. The van der Waals surface area contributed by atoms with Crippen LogP contribution in [-0.4, -0.2) is 30.3 Å². The van der Waals surface area contributed by atoms with Crippen molar-refractivity contribution in [3.63, 3.8) is 0 Å². The van der Waals surface area contributed by atoms with Gasteiger partial charge in [0.15, 0.2) is 0 Å². The fraction of sp³-hybridized carbons (Fsp3) is 1.00. The average Bonchev–Trinajstić information content (AvgIpc) is 2.31. The smallest absolute Gasteiger partial charge is 0.0556 e. The van der Waals surface area contributed by atoms with Crippen molar-refractivity contribution in [2.45, 2.75) is 31.3 Å². The number of aliphatic hydroxyl groups excluding tert-OH is 1. The third kappa shape index (κ3) is 1.94. The van der Waals surface area contributed by atoms with Gasteiger partial charge in [0.2, 0.25) is 0 Å². The Labute approximate surface area is 61.6 Å². The van der Waals surface area contributed by atoms with Crippen LogP contribution in [-0.2, 0) is 0 Å². The zero-order chi connectivity index (χ0) is 7.40. The van der Waals surface area contributed by atoms with Gasteiger partial charge in [-0.3, -0.25) is 0 Å². The molecule has 0 bridgehead atoms. The number of hydrogen-bond donors (Lipinski definition) is 3. The second-order valence-electron chi connectivity index (χ2n) is 2.88. The van der Waals surface area contributed by atoms with Crippen LogP contribution in [0.2, 0.25) is 0 Å². The number of rotatable bonds is 3. The van der Waals surface area contributed by atoms with Crippen LogP contribution in [0, 0.1) is 0 Å². The third-order valence-electron chi connectivity index (χ3n) is 2.09. The van der Waals surface area contributed by atoms with Crippen LogP contribution in [0.1, 0.15) is 19.3 Å². The lowest BCUT2D eigenvalue weighted by Crippen LogP contribution is -2.41. The summed E-state index contributed by atoms with van der Waals surface area (Å²) < 4.78 is 0. The molecule has 0 spiro atoms. The fourth-order valence-electron chi connectivity index (χ4n) is 1.49. The number of hydrogen-bond acceptors (Lipinski definition) is 3. The lowest BCUT2D eigenvalue weighted by atomic mass is 10.2. The minimum atomic E-state index is 0.212. The summed E-state index contributed by atoms with van der Waals surface area (Å²) in [6.07, 6.45) is 3.52. The molecule has 3 nitrogen and oxygen atoms in total. The van der Waals surface area contributed by atoms with E-state index in [-0.39, 0.29) is 6.61 Å². The highest BCUT2D eigenvalue weighted by Gasteiger charge is 2.22. The van der Waals surface area contributed by atoms with Crippen molar-refractivity contribution in [1.82, 2.24) is 5.32 Å². The topological polar surface area (TPSA) is 58.3 Å². The molecule has 0 aromatic heterocycles. The Morgan fingerprint density at radius 3 is 2.80 bits per heavy atom. The summed E-state index contributed by atoms with van der Waals surface area (Å²) in [5.74, 6) is 0. The molecule has 0 aromatic rings. The Hall–Kier alpha value is -0.120. The van der Waals surface area contributed by atoms with Crippen LogP contribution in [0.5, 0.6) is 0 Å². The normalized spacial score (nSPS) is 33.0. The van der Waals surface area contributed by atoms with Gasteiger partial charge in [0.1, 0.15) is 0 Å². The van der Waals surface area contributed by atoms with Crippen molar-refractivity contribution in [2.24, 2.45) is 5.73 Å². The van der Waals surface area contributed by atoms with Gasteiger partial charge in [-0.05, 0) is 12.8 Å². The van der Waals surface area contributed by atoms with Crippen molar-refractivity contribution in [2.75, 3.05) is 13.2 Å². The minimum Gasteiger partial charge on any atom is -0.395 e. The largest absolute Gasteiger partial charge is 0.395 e. The van der Waals surface area contributed by atoms with E-state index < -0.39 is 0 Å². The summed E-state index contributed by atoms with van der Waals surface area (Å²) in [5.41, 5.74) is 5.78. The molecule has 1 aliphatic carbocycles. The van der Waals surface area contributed by atoms with Gasteiger partial charge >= 0.3 is 0 Å². The van der Waals surface area contributed by atoms with Crippen molar-refractivity contribution >= 4 is 0 Å². The number of nitrogens with two attached hydrogens (primary N) is 1. The van der Waals surface area contributed by atoms with Gasteiger partial charge in [-0.25, -0.2) is 0 Å². The molecule has 0 aromatic carbocycles. The molecular weight excluding hydrogens is 128 g/mol. The van der Waals surface area contributed by atoms with Gasteiger partial charge in [0.25, 0.3) is 0 Å². The van der Waals surface area contributed by atoms with E-state index in [2.05, 4.69) is 5.32 Å². The highest BCUT2D eigenvalue weighted by molar-refractivity contribution is 4.85. The molecule has 10 heavy (non-hydrogen) atoms. The van der Waals surface area contributed by atoms with E-state index in [9.17, 15) is 0 Å². The van der Waals surface area contributed by atoms with Crippen LogP contribution < -0.4 is 11.1 Å². The molecule has 0 amide bonds. The maximum atomic E-state index is 8.51. The van der Waals surface area contributed by atoms with Crippen LogP contribution in [0.25, 0.3) is 0 Å². The summed E-state index contributed by atoms with van der Waals surface area (Å²) in [6, 6.07) is 0.763. The molecular formula is C7H16N2O. The minimum absolute atomic E-state index is 0.212. The molecule has 1 aliphatic rings. The summed E-state index contributed by atoms with van der Waals surface area (Å²) >= 11 is 0. The van der Waals surface area contributed by atoms with Crippen molar-refractivity contribution < 1.29 is 5.11 Å². The average molecular weight is 144 g/mol. The lowest BCUT2D eigenvalue weighted by molar-refractivity contribution is 0.281. The summed E-state index contributed by atoms with van der Waals surface area (Å²) in [7, 11) is 0. The third-order valence-corrected chi connectivity index (χ3v) is 2.09. The second-order valence-corrected chi connectivity index (χ2v) is 2.88. The highest BCUT2D eigenvalue weighted by atomic mass is 16.3. The van der Waals surface area contributed by atoms with Gasteiger partial charge in [-0.2, -0.15) is 0 Å². The molecule has 0 radical (unpaired) electrons. The van der Waals surface area contributed by atoms with E-state index in [4.69, 9.17) is 10.8 Å². The quantitative estimate of drug-likeness (QED) is 0.498. The first-order valence-electron chi connectivity index (χ1n) is 3.94. The molecule has 2 atom stereocenters. The van der Waals surface area contributed by atoms with Crippen LogP contribution in [0.3, 0.4) is 0 Å². The SMILES string of the molecule is NC1CCCC1NCCO. The van der Waals surface area contributed by atoms with E-state index in [0.29, 0.717) is 18.6 Å². The first-order valence-corrected chi connectivity index (χ1v) is 3.94. The van der Waals surface area contributed by atoms with Gasteiger partial charge in [-0.15, -0.1) is 0 Å². The Bertz CT molecular complexity index is 97.6. The zero-order valence-corrected chi connectivity index (χ0v) is 6.21. The Balaban J connectivity index is 2.14. The predicted octanol–water partition coefficient (Wildman–Crippen LogP) is -0.552. The zero-order valence-electron chi connectivity index (χ0n) is 6.21. The maximum Gasteiger partial charge on any atom is 0.0556 e. The summed E-state index contributed by atoms with van der Waals surface area (Å²) in [6.45, 7) is 0.890. The van der Waals surface area contributed by atoms with Gasteiger partial charge in [-0.1, -0.05) is 6.42 Å². The molecule has 0 saturated heterocycles. The number of nitrogens with one attached hydrogen (secondary N) is 1. The van der Waals surface area contributed by atoms with Gasteiger partial charge < -0.3 is 16.2 Å². The van der Waals surface area contributed by atoms with Crippen LogP contribution in [0.15, 0.2) is 0 Å². The van der Waals surface area contributed by atoms with Crippen LogP contribution >= 0.6 is 0 Å². The maximum absolute atomic E-state index is 8.51. The fourth-order valence-corrected chi connectivity index (χ4v) is 1.49.